The van der Waals surface area contributed by atoms with Crippen molar-refractivity contribution in [1.29, 1.82) is 0 Å². The van der Waals surface area contributed by atoms with Gasteiger partial charge in [-0.05, 0) is 31.0 Å². The minimum absolute atomic E-state index is 0. The summed E-state index contributed by atoms with van der Waals surface area (Å²) >= 11 is 0. The van der Waals surface area contributed by atoms with Crippen LogP contribution in [0.25, 0.3) is 11.1 Å². The third-order valence-corrected chi connectivity index (χ3v) is 4.01. The minimum atomic E-state index is -0.337. The first kappa shape index (κ1) is 16.7. The summed E-state index contributed by atoms with van der Waals surface area (Å²) in [5.41, 5.74) is 1.84. The Kier molecular flexibility index (Phi) is 5.69. The molecule has 1 saturated heterocycles. The first-order valence-electron chi connectivity index (χ1n) is 7.35. The first-order valence-corrected chi connectivity index (χ1v) is 7.35. The number of nitrogens with one attached hydrogen (secondary N) is 1. The summed E-state index contributed by atoms with van der Waals surface area (Å²) in [6.07, 6.45) is 1.88. The third-order valence-electron chi connectivity index (χ3n) is 4.01. The molecule has 0 saturated carbocycles. The molecule has 0 bridgehead atoms. The Bertz CT molecular complexity index is 639. The lowest BCUT2D eigenvalue weighted by Crippen LogP contribution is -2.34. The van der Waals surface area contributed by atoms with E-state index < -0.39 is 0 Å². The molecule has 0 radical (unpaired) electrons. The monoisotopic (exact) mass is 319 g/mol. The molecule has 4 heteroatoms. The Hall–Kier alpha value is -1.71. The number of hydrogen-bond acceptors (Lipinski definition) is 2. The van der Waals surface area contributed by atoms with E-state index in [0.717, 1.165) is 24.9 Å². The molecule has 0 amide bonds. The molecule has 116 valence electrons. The van der Waals surface area contributed by atoms with Crippen molar-refractivity contribution in [1.82, 2.24) is 5.32 Å². The number of carbonyl (C=O) groups is 1. The maximum atomic E-state index is 14.3. The summed E-state index contributed by atoms with van der Waals surface area (Å²) in [5, 5.41) is 3.22. The summed E-state index contributed by atoms with van der Waals surface area (Å²) in [5.74, 6) is -0.322. The predicted octanol–water partition coefficient (Wildman–Crippen LogP) is 4.10. The average molecular weight is 320 g/mol. The Morgan fingerprint density at radius 3 is 2.55 bits per heavy atom. The standard InChI is InChI=1S/C18H18FNO.ClH/c19-17-11-14(18(21)15-7-4-10-20-12-15)8-9-16(17)13-5-2-1-3-6-13;/h1-3,5-6,8-9,11,15,20H,4,7,10,12H2;1H. The van der Waals surface area contributed by atoms with Gasteiger partial charge in [-0.3, -0.25) is 4.79 Å². The Morgan fingerprint density at radius 2 is 1.91 bits per heavy atom. The molecule has 1 aliphatic heterocycles. The lowest BCUT2D eigenvalue weighted by Gasteiger charge is -2.21. The van der Waals surface area contributed by atoms with E-state index in [0.29, 0.717) is 17.7 Å². The van der Waals surface area contributed by atoms with E-state index in [9.17, 15) is 9.18 Å². The Morgan fingerprint density at radius 1 is 1.14 bits per heavy atom. The zero-order valence-electron chi connectivity index (χ0n) is 12.2. The number of carbonyl (C=O) groups excluding carboxylic acids is 1. The van der Waals surface area contributed by atoms with Crippen LogP contribution in [0.5, 0.6) is 0 Å². The van der Waals surface area contributed by atoms with E-state index >= 15 is 0 Å². The second-order valence-corrected chi connectivity index (χ2v) is 5.47. The number of rotatable bonds is 3. The SMILES string of the molecule is Cl.O=C(c1ccc(-c2ccccc2)c(F)c1)C1CCCNC1. The van der Waals surface area contributed by atoms with Gasteiger partial charge in [0, 0.05) is 23.6 Å². The number of Topliss-reactive ketones (excluding diaryl/α,β-unsaturated/α-hetero) is 1. The van der Waals surface area contributed by atoms with Gasteiger partial charge >= 0.3 is 0 Å². The lowest BCUT2D eigenvalue weighted by atomic mass is 9.90. The highest BCUT2D eigenvalue weighted by molar-refractivity contribution is 5.98. The van der Waals surface area contributed by atoms with Crippen molar-refractivity contribution in [3.05, 3.63) is 59.9 Å². The molecule has 0 aliphatic carbocycles. The molecule has 22 heavy (non-hydrogen) atoms. The van der Waals surface area contributed by atoms with E-state index in [1.54, 1.807) is 12.1 Å². The molecule has 1 atom stereocenters. The Balaban J connectivity index is 0.00000176. The highest BCUT2D eigenvalue weighted by Gasteiger charge is 2.22. The van der Waals surface area contributed by atoms with Gasteiger partial charge in [-0.2, -0.15) is 0 Å². The van der Waals surface area contributed by atoms with Crippen LogP contribution in [0.15, 0.2) is 48.5 Å². The second kappa shape index (κ2) is 7.52. The van der Waals surface area contributed by atoms with Crippen molar-refractivity contribution in [2.45, 2.75) is 12.8 Å². The van der Waals surface area contributed by atoms with Gasteiger partial charge in [0.25, 0.3) is 0 Å². The number of benzene rings is 2. The topological polar surface area (TPSA) is 29.1 Å². The van der Waals surface area contributed by atoms with Crippen LogP contribution in [0.4, 0.5) is 4.39 Å². The first-order chi connectivity index (χ1) is 10.3. The van der Waals surface area contributed by atoms with E-state index in [1.807, 2.05) is 30.3 Å². The van der Waals surface area contributed by atoms with Crippen molar-refractivity contribution < 1.29 is 9.18 Å². The molecule has 3 rings (SSSR count). The second-order valence-electron chi connectivity index (χ2n) is 5.47. The van der Waals surface area contributed by atoms with Crippen LogP contribution >= 0.6 is 12.4 Å². The predicted molar refractivity (Wildman–Crippen MR) is 89.0 cm³/mol. The number of piperidine rings is 1. The maximum absolute atomic E-state index is 14.3. The maximum Gasteiger partial charge on any atom is 0.167 e. The fraction of sp³-hybridized carbons (Fsp3) is 0.278. The van der Waals surface area contributed by atoms with E-state index in [2.05, 4.69) is 5.32 Å². The number of hydrogen-bond donors (Lipinski definition) is 1. The molecule has 1 N–H and O–H groups in total. The molecule has 1 aliphatic rings. The van der Waals surface area contributed by atoms with Gasteiger partial charge in [-0.1, -0.05) is 42.5 Å². The van der Waals surface area contributed by atoms with E-state index in [-0.39, 0.29) is 29.9 Å². The molecular weight excluding hydrogens is 301 g/mol. The molecule has 1 fully saturated rings. The van der Waals surface area contributed by atoms with Crippen LogP contribution in [0.1, 0.15) is 23.2 Å². The highest BCUT2D eigenvalue weighted by Crippen LogP contribution is 2.25. The van der Waals surface area contributed by atoms with Crippen LogP contribution in [0.2, 0.25) is 0 Å². The fourth-order valence-corrected chi connectivity index (χ4v) is 2.83. The summed E-state index contributed by atoms with van der Waals surface area (Å²) in [6, 6.07) is 14.2. The average Bonchev–Trinajstić information content (AvgIpc) is 2.55. The van der Waals surface area contributed by atoms with Gasteiger partial charge in [0.05, 0.1) is 0 Å². The number of ketones is 1. The summed E-state index contributed by atoms with van der Waals surface area (Å²) in [4.78, 5) is 12.4. The van der Waals surface area contributed by atoms with Crippen LogP contribution < -0.4 is 5.32 Å². The molecule has 1 heterocycles. The summed E-state index contributed by atoms with van der Waals surface area (Å²) in [7, 11) is 0. The van der Waals surface area contributed by atoms with E-state index in [4.69, 9.17) is 0 Å². The zero-order valence-corrected chi connectivity index (χ0v) is 13.0. The fourth-order valence-electron chi connectivity index (χ4n) is 2.83. The van der Waals surface area contributed by atoms with Crippen LogP contribution in [-0.2, 0) is 0 Å². The normalized spacial score (nSPS) is 17.6. The number of halogens is 2. The largest absolute Gasteiger partial charge is 0.316 e. The van der Waals surface area contributed by atoms with Crippen LogP contribution in [0, 0.1) is 11.7 Å². The lowest BCUT2D eigenvalue weighted by molar-refractivity contribution is 0.0899. The molecule has 1 unspecified atom stereocenters. The Labute approximate surface area is 136 Å². The molecule has 2 nitrogen and oxygen atoms in total. The summed E-state index contributed by atoms with van der Waals surface area (Å²) in [6.45, 7) is 1.66. The van der Waals surface area contributed by atoms with Crippen molar-refractivity contribution in [2.24, 2.45) is 5.92 Å². The van der Waals surface area contributed by atoms with Crippen molar-refractivity contribution >= 4 is 18.2 Å². The van der Waals surface area contributed by atoms with Gasteiger partial charge in [0.15, 0.2) is 5.78 Å². The van der Waals surface area contributed by atoms with Crippen molar-refractivity contribution in [3.63, 3.8) is 0 Å². The molecular formula is C18H19ClFNO. The molecule has 0 spiro atoms. The molecule has 0 aromatic heterocycles. The highest BCUT2D eigenvalue weighted by atomic mass is 35.5. The smallest absolute Gasteiger partial charge is 0.167 e. The molecule has 2 aromatic rings. The van der Waals surface area contributed by atoms with Gasteiger partial charge in [0.2, 0.25) is 0 Å². The van der Waals surface area contributed by atoms with Gasteiger partial charge in [0.1, 0.15) is 5.82 Å². The van der Waals surface area contributed by atoms with Gasteiger partial charge in [-0.25, -0.2) is 4.39 Å². The quantitative estimate of drug-likeness (QED) is 0.863. The van der Waals surface area contributed by atoms with Crippen molar-refractivity contribution in [3.8, 4) is 11.1 Å². The third kappa shape index (κ3) is 3.54. The van der Waals surface area contributed by atoms with Crippen molar-refractivity contribution in [2.75, 3.05) is 13.1 Å². The minimum Gasteiger partial charge on any atom is -0.316 e. The van der Waals surface area contributed by atoms with Gasteiger partial charge in [-0.15, -0.1) is 12.4 Å². The van der Waals surface area contributed by atoms with E-state index in [1.165, 1.54) is 6.07 Å². The van der Waals surface area contributed by atoms with Crippen LogP contribution in [-0.4, -0.2) is 18.9 Å². The molecule has 2 aromatic carbocycles. The van der Waals surface area contributed by atoms with Crippen LogP contribution in [0.3, 0.4) is 0 Å². The van der Waals surface area contributed by atoms with Gasteiger partial charge < -0.3 is 5.32 Å². The zero-order chi connectivity index (χ0) is 14.7. The summed E-state index contributed by atoms with van der Waals surface area (Å²) < 4.78 is 14.3.